The number of ether oxygens (including phenoxy) is 1. The van der Waals surface area contributed by atoms with E-state index in [0.717, 1.165) is 31.7 Å². The van der Waals surface area contributed by atoms with E-state index >= 15 is 0 Å². The molecule has 0 atom stereocenters. The van der Waals surface area contributed by atoms with Crippen molar-refractivity contribution < 1.29 is 9.84 Å². The summed E-state index contributed by atoms with van der Waals surface area (Å²) in [4.78, 5) is 2.57. The maximum Gasteiger partial charge on any atom is 0.0701 e. The van der Waals surface area contributed by atoms with E-state index in [0.29, 0.717) is 12.7 Å². The third kappa shape index (κ3) is 9.22. The maximum atomic E-state index is 8.74. The van der Waals surface area contributed by atoms with Crippen molar-refractivity contribution in [2.45, 2.75) is 63.9 Å². The second-order valence-electron chi connectivity index (χ2n) is 5.83. The highest BCUT2D eigenvalue weighted by molar-refractivity contribution is 7.80. The molecule has 1 saturated heterocycles. The van der Waals surface area contributed by atoms with Gasteiger partial charge < -0.3 is 14.7 Å². The first-order valence-electron chi connectivity index (χ1n) is 8.42. The number of aliphatic hydroxyl groups is 1. The van der Waals surface area contributed by atoms with E-state index in [4.69, 9.17) is 9.84 Å². The van der Waals surface area contributed by atoms with Crippen molar-refractivity contribution >= 4 is 12.6 Å². The molecule has 0 aromatic carbocycles. The summed E-state index contributed by atoms with van der Waals surface area (Å²) in [5.74, 6) is 1.04. The predicted octanol–water partition coefficient (Wildman–Crippen LogP) is 3.12. The lowest BCUT2D eigenvalue weighted by Crippen LogP contribution is -2.37. The Kier molecular flexibility index (Phi) is 11.8. The average molecular weight is 304 g/mol. The maximum absolute atomic E-state index is 8.74. The largest absolute Gasteiger partial charge is 0.394 e. The fourth-order valence-electron chi connectivity index (χ4n) is 2.85. The molecule has 0 bridgehead atoms. The molecule has 4 heteroatoms. The van der Waals surface area contributed by atoms with Crippen LogP contribution in [0.1, 0.15) is 57.8 Å². The van der Waals surface area contributed by atoms with Crippen LogP contribution in [0.25, 0.3) is 0 Å². The van der Waals surface area contributed by atoms with E-state index in [1.807, 2.05) is 0 Å². The van der Waals surface area contributed by atoms with E-state index in [1.54, 1.807) is 0 Å². The van der Waals surface area contributed by atoms with E-state index in [9.17, 15) is 0 Å². The van der Waals surface area contributed by atoms with Crippen LogP contribution in [0, 0.1) is 0 Å². The quantitative estimate of drug-likeness (QED) is 0.429. The molecule has 0 unspecified atom stereocenters. The average Bonchev–Trinajstić information content (AvgIpc) is 2.49. The minimum absolute atomic E-state index is 0.147. The highest BCUT2D eigenvalue weighted by Crippen LogP contribution is 2.15. The van der Waals surface area contributed by atoms with E-state index < -0.39 is 0 Å². The Morgan fingerprint density at radius 1 is 0.950 bits per heavy atom. The van der Waals surface area contributed by atoms with Gasteiger partial charge in [-0.25, -0.2) is 0 Å². The van der Waals surface area contributed by atoms with Crippen molar-refractivity contribution in [1.82, 2.24) is 4.90 Å². The Balaban J connectivity index is 1.86. The molecule has 1 heterocycles. The summed E-state index contributed by atoms with van der Waals surface area (Å²) < 4.78 is 5.59. The lowest BCUT2D eigenvalue weighted by atomic mass is 10.1. The zero-order chi connectivity index (χ0) is 14.5. The molecule has 20 heavy (non-hydrogen) atoms. The zero-order valence-corrected chi connectivity index (χ0v) is 13.8. The minimum Gasteiger partial charge on any atom is -0.394 e. The Morgan fingerprint density at radius 3 is 2.15 bits per heavy atom. The third-order valence-corrected chi connectivity index (χ3v) is 4.43. The summed E-state index contributed by atoms with van der Waals surface area (Å²) in [6.45, 7) is 4.23. The van der Waals surface area contributed by atoms with Crippen LogP contribution >= 0.6 is 12.6 Å². The van der Waals surface area contributed by atoms with Gasteiger partial charge in [0.25, 0.3) is 0 Å². The fourth-order valence-corrected chi connectivity index (χ4v) is 3.07. The SMILES string of the molecule is OCCOC1CCN(CCCCCCCCCS)CC1. The van der Waals surface area contributed by atoms with Crippen molar-refractivity contribution in [3.8, 4) is 0 Å². The molecule has 1 aliphatic heterocycles. The smallest absolute Gasteiger partial charge is 0.0701 e. The van der Waals surface area contributed by atoms with E-state index in [-0.39, 0.29) is 6.61 Å². The molecule has 0 aromatic heterocycles. The van der Waals surface area contributed by atoms with Gasteiger partial charge in [-0.3, -0.25) is 0 Å². The Hall–Kier alpha value is 0.230. The molecule has 1 N–H and O–H groups in total. The number of likely N-dealkylation sites (tertiary alicyclic amines) is 1. The molecular weight excluding hydrogens is 270 g/mol. The monoisotopic (exact) mass is 303 g/mol. The number of rotatable bonds is 12. The highest BCUT2D eigenvalue weighted by atomic mass is 32.1. The van der Waals surface area contributed by atoms with Crippen molar-refractivity contribution in [3.63, 3.8) is 0 Å². The van der Waals surface area contributed by atoms with Gasteiger partial charge in [0.2, 0.25) is 0 Å². The van der Waals surface area contributed by atoms with E-state index in [2.05, 4.69) is 17.5 Å². The lowest BCUT2D eigenvalue weighted by Gasteiger charge is -2.31. The van der Waals surface area contributed by atoms with Gasteiger partial charge in [-0.2, -0.15) is 12.6 Å². The Morgan fingerprint density at radius 2 is 1.55 bits per heavy atom. The van der Waals surface area contributed by atoms with Crippen LogP contribution in [-0.4, -0.2) is 54.7 Å². The van der Waals surface area contributed by atoms with Crippen LogP contribution in [-0.2, 0) is 4.74 Å². The molecule has 1 aliphatic rings. The van der Waals surface area contributed by atoms with Crippen molar-refractivity contribution in [2.24, 2.45) is 0 Å². The van der Waals surface area contributed by atoms with E-state index in [1.165, 1.54) is 51.5 Å². The Labute approximate surface area is 130 Å². The number of hydrogen-bond acceptors (Lipinski definition) is 4. The molecule has 1 fully saturated rings. The summed E-state index contributed by atoms with van der Waals surface area (Å²) in [5, 5.41) is 8.74. The van der Waals surface area contributed by atoms with Crippen LogP contribution in [0.3, 0.4) is 0 Å². The summed E-state index contributed by atoms with van der Waals surface area (Å²) >= 11 is 4.24. The molecule has 1 rings (SSSR count). The first-order chi connectivity index (χ1) is 9.86. The number of thiol groups is 1. The van der Waals surface area contributed by atoms with Crippen molar-refractivity contribution in [3.05, 3.63) is 0 Å². The molecule has 0 saturated carbocycles. The van der Waals surface area contributed by atoms with Crippen LogP contribution in [0.15, 0.2) is 0 Å². The second kappa shape index (κ2) is 12.9. The van der Waals surface area contributed by atoms with Gasteiger partial charge in [-0.05, 0) is 38.0 Å². The van der Waals surface area contributed by atoms with Gasteiger partial charge in [0, 0.05) is 13.1 Å². The normalized spacial score (nSPS) is 17.7. The molecule has 0 radical (unpaired) electrons. The number of unbranched alkanes of at least 4 members (excludes halogenated alkanes) is 6. The fraction of sp³-hybridized carbons (Fsp3) is 1.00. The molecular formula is C16H33NO2S. The number of piperidine rings is 1. The standard InChI is InChI=1S/C16H33NO2S/c18-13-14-19-16-8-11-17(12-9-16)10-6-4-2-1-3-5-7-15-20/h16,18,20H,1-15H2. The summed E-state index contributed by atoms with van der Waals surface area (Å²) in [7, 11) is 0. The van der Waals surface area contributed by atoms with Crippen LogP contribution in [0.5, 0.6) is 0 Å². The highest BCUT2D eigenvalue weighted by Gasteiger charge is 2.18. The van der Waals surface area contributed by atoms with Gasteiger partial charge in [0.1, 0.15) is 0 Å². The van der Waals surface area contributed by atoms with Crippen molar-refractivity contribution in [1.29, 1.82) is 0 Å². The first-order valence-corrected chi connectivity index (χ1v) is 9.05. The van der Waals surface area contributed by atoms with Crippen LogP contribution in [0.4, 0.5) is 0 Å². The number of aliphatic hydroxyl groups excluding tert-OH is 1. The lowest BCUT2D eigenvalue weighted by molar-refractivity contribution is -0.00788. The van der Waals surface area contributed by atoms with Gasteiger partial charge >= 0.3 is 0 Å². The minimum atomic E-state index is 0.147. The third-order valence-electron chi connectivity index (χ3n) is 4.11. The molecule has 0 aliphatic carbocycles. The predicted molar refractivity (Wildman–Crippen MR) is 88.7 cm³/mol. The first kappa shape index (κ1) is 18.3. The van der Waals surface area contributed by atoms with Gasteiger partial charge in [-0.1, -0.05) is 32.1 Å². The Bertz CT molecular complexity index is 209. The summed E-state index contributed by atoms with van der Waals surface area (Å²) in [6.07, 6.45) is 12.2. The second-order valence-corrected chi connectivity index (χ2v) is 6.28. The molecule has 120 valence electrons. The van der Waals surface area contributed by atoms with Crippen molar-refractivity contribution in [2.75, 3.05) is 38.6 Å². The molecule has 3 nitrogen and oxygen atoms in total. The molecule has 0 amide bonds. The zero-order valence-electron chi connectivity index (χ0n) is 12.9. The summed E-state index contributed by atoms with van der Waals surface area (Å²) in [6, 6.07) is 0. The van der Waals surface area contributed by atoms with Gasteiger partial charge in [0.15, 0.2) is 0 Å². The van der Waals surface area contributed by atoms with Crippen LogP contribution in [0.2, 0.25) is 0 Å². The number of hydrogen-bond donors (Lipinski definition) is 2. The number of nitrogens with zero attached hydrogens (tertiary/aromatic N) is 1. The molecule has 0 aromatic rings. The topological polar surface area (TPSA) is 32.7 Å². The van der Waals surface area contributed by atoms with Crippen LogP contribution < -0.4 is 0 Å². The van der Waals surface area contributed by atoms with Gasteiger partial charge in [-0.15, -0.1) is 0 Å². The van der Waals surface area contributed by atoms with Gasteiger partial charge in [0.05, 0.1) is 19.3 Å². The molecule has 0 spiro atoms. The summed E-state index contributed by atoms with van der Waals surface area (Å²) in [5.41, 5.74) is 0.